The maximum Gasteiger partial charge on any atom is 0.248 e. The highest BCUT2D eigenvalue weighted by molar-refractivity contribution is 5.77. The third-order valence-corrected chi connectivity index (χ3v) is 2.90. The van der Waals surface area contributed by atoms with Crippen molar-refractivity contribution >= 4 is 5.91 Å². The normalized spacial score (nSPS) is 21.1. The molecule has 16 heavy (non-hydrogen) atoms. The Bertz CT molecular complexity index is 209. The summed E-state index contributed by atoms with van der Waals surface area (Å²) in [5, 5.41) is 8.87. The molecule has 5 heteroatoms. The number of nitrogens with two attached hydrogens (primary N) is 1. The van der Waals surface area contributed by atoms with Crippen LogP contribution in [0.5, 0.6) is 0 Å². The van der Waals surface area contributed by atoms with E-state index in [9.17, 15) is 4.79 Å². The van der Waals surface area contributed by atoms with Gasteiger partial charge >= 0.3 is 0 Å². The molecule has 1 aliphatic heterocycles. The van der Waals surface area contributed by atoms with Crippen LogP contribution in [0.3, 0.4) is 0 Å². The van der Waals surface area contributed by atoms with E-state index in [1.807, 2.05) is 4.90 Å². The third kappa shape index (κ3) is 4.47. The SMILES string of the molecule is NCCOCC(=O)N1CCCC(CCO)C1. The molecule has 1 atom stereocenters. The van der Waals surface area contributed by atoms with Gasteiger partial charge in [-0.05, 0) is 25.2 Å². The van der Waals surface area contributed by atoms with Crippen LogP contribution in [0.4, 0.5) is 0 Å². The highest BCUT2D eigenvalue weighted by atomic mass is 16.5. The zero-order chi connectivity index (χ0) is 11.8. The Labute approximate surface area is 96.6 Å². The first kappa shape index (κ1) is 13.4. The molecule has 0 aliphatic carbocycles. The lowest BCUT2D eigenvalue weighted by molar-refractivity contribution is -0.138. The van der Waals surface area contributed by atoms with E-state index in [1.165, 1.54) is 0 Å². The highest BCUT2D eigenvalue weighted by Gasteiger charge is 2.22. The lowest BCUT2D eigenvalue weighted by Gasteiger charge is -2.32. The van der Waals surface area contributed by atoms with E-state index in [1.54, 1.807) is 0 Å². The van der Waals surface area contributed by atoms with Gasteiger partial charge in [-0.25, -0.2) is 0 Å². The summed E-state index contributed by atoms with van der Waals surface area (Å²) in [5.74, 6) is 0.480. The van der Waals surface area contributed by atoms with E-state index in [0.29, 0.717) is 19.1 Å². The number of amides is 1. The minimum atomic E-state index is 0.0380. The number of hydrogen-bond acceptors (Lipinski definition) is 4. The van der Waals surface area contributed by atoms with Crippen molar-refractivity contribution in [2.45, 2.75) is 19.3 Å². The predicted molar refractivity (Wildman–Crippen MR) is 60.9 cm³/mol. The maximum atomic E-state index is 11.7. The summed E-state index contributed by atoms with van der Waals surface area (Å²) < 4.78 is 5.13. The minimum absolute atomic E-state index is 0.0380. The summed E-state index contributed by atoms with van der Waals surface area (Å²) in [4.78, 5) is 13.6. The van der Waals surface area contributed by atoms with E-state index < -0.39 is 0 Å². The number of hydrogen-bond donors (Lipinski definition) is 2. The van der Waals surface area contributed by atoms with Gasteiger partial charge in [-0.2, -0.15) is 0 Å². The van der Waals surface area contributed by atoms with Crippen molar-refractivity contribution in [3.63, 3.8) is 0 Å². The Morgan fingerprint density at radius 1 is 1.56 bits per heavy atom. The molecule has 0 aromatic carbocycles. The molecule has 0 saturated carbocycles. The largest absolute Gasteiger partial charge is 0.396 e. The number of carbonyl (C=O) groups excluding carboxylic acids is 1. The van der Waals surface area contributed by atoms with Crippen LogP contribution in [0.1, 0.15) is 19.3 Å². The summed E-state index contributed by atoms with van der Waals surface area (Å²) >= 11 is 0. The van der Waals surface area contributed by atoms with Crippen LogP contribution in [-0.4, -0.2) is 55.4 Å². The molecular formula is C11H22N2O3. The van der Waals surface area contributed by atoms with E-state index in [2.05, 4.69) is 0 Å². The first-order valence-electron chi connectivity index (χ1n) is 5.94. The van der Waals surface area contributed by atoms with Gasteiger partial charge in [-0.15, -0.1) is 0 Å². The molecule has 1 unspecified atom stereocenters. The van der Waals surface area contributed by atoms with Gasteiger partial charge in [0.1, 0.15) is 6.61 Å². The second-order valence-electron chi connectivity index (χ2n) is 4.20. The van der Waals surface area contributed by atoms with Gasteiger partial charge in [0.05, 0.1) is 6.61 Å². The minimum Gasteiger partial charge on any atom is -0.396 e. The van der Waals surface area contributed by atoms with Crippen molar-refractivity contribution < 1.29 is 14.6 Å². The van der Waals surface area contributed by atoms with Crippen LogP contribution in [-0.2, 0) is 9.53 Å². The van der Waals surface area contributed by atoms with Crippen LogP contribution in [0, 0.1) is 5.92 Å². The van der Waals surface area contributed by atoms with Gasteiger partial charge in [0.25, 0.3) is 0 Å². The fourth-order valence-corrected chi connectivity index (χ4v) is 2.04. The number of piperidine rings is 1. The molecule has 1 amide bonds. The Hall–Kier alpha value is -0.650. The number of aliphatic hydroxyl groups excluding tert-OH is 1. The fraction of sp³-hybridized carbons (Fsp3) is 0.909. The van der Waals surface area contributed by atoms with Crippen LogP contribution < -0.4 is 5.73 Å². The standard InChI is InChI=1S/C11H22N2O3/c12-4-7-16-9-11(15)13-5-1-2-10(8-13)3-6-14/h10,14H,1-9,12H2. The quantitative estimate of drug-likeness (QED) is 0.608. The molecule has 1 saturated heterocycles. The second kappa shape index (κ2) is 7.60. The zero-order valence-electron chi connectivity index (χ0n) is 9.73. The van der Waals surface area contributed by atoms with E-state index in [4.69, 9.17) is 15.6 Å². The Morgan fingerprint density at radius 2 is 2.38 bits per heavy atom. The highest BCUT2D eigenvalue weighted by Crippen LogP contribution is 2.19. The van der Waals surface area contributed by atoms with Crippen molar-refractivity contribution in [3.8, 4) is 0 Å². The smallest absolute Gasteiger partial charge is 0.248 e. The molecule has 0 radical (unpaired) electrons. The van der Waals surface area contributed by atoms with Crippen molar-refractivity contribution in [1.29, 1.82) is 0 Å². The van der Waals surface area contributed by atoms with Crippen molar-refractivity contribution in [1.82, 2.24) is 4.90 Å². The number of nitrogens with zero attached hydrogens (tertiary/aromatic N) is 1. The van der Waals surface area contributed by atoms with Crippen LogP contribution in [0.15, 0.2) is 0 Å². The molecule has 0 bridgehead atoms. The van der Waals surface area contributed by atoms with Gasteiger partial charge in [0.15, 0.2) is 0 Å². The first-order valence-corrected chi connectivity index (χ1v) is 5.94. The van der Waals surface area contributed by atoms with E-state index in [-0.39, 0.29) is 19.1 Å². The van der Waals surface area contributed by atoms with E-state index in [0.717, 1.165) is 32.4 Å². The summed E-state index contributed by atoms with van der Waals surface area (Å²) in [6.07, 6.45) is 2.91. The average molecular weight is 230 g/mol. The first-order chi connectivity index (χ1) is 7.77. The summed E-state index contributed by atoms with van der Waals surface area (Å²) in [7, 11) is 0. The Morgan fingerprint density at radius 3 is 3.06 bits per heavy atom. The average Bonchev–Trinajstić information content (AvgIpc) is 2.30. The van der Waals surface area contributed by atoms with Crippen LogP contribution in [0.25, 0.3) is 0 Å². The number of rotatable bonds is 6. The molecule has 5 nitrogen and oxygen atoms in total. The number of ether oxygens (including phenoxy) is 1. The van der Waals surface area contributed by atoms with Gasteiger partial charge in [-0.1, -0.05) is 0 Å². The van der Waals surface area contributed by atoms with Gasteiger partial charge in [0.2, 0.25) is 5.91 Å². The lowest BCUT2D eigenvalue weighted by Crippen LogP contribution is -2.42. The second-order valence-corrected chi connectivity index (χ2v) is 4.20. The van der Waals surface area contributed by atoms with Crippen molar-refractivity contribution in [2.75, 3.05) is 39.5 Å². The number of likely N-dealkylation sites (tertiary alicyclic amines) is 1. The molecule has 1 heterocycles. The predicted octanol–water partition coefficient (Wildman–Crippen LogP) is -0.417. The Balaban J connectivity index is 2.26. The molecule has 3 N–H and O–H groups in total. The zero-order valence-corrected chi connectivity index (χ0v) is 9.73. The van der Waals surface area contributed by atoms with Gasteiger partial charge in [0, 0.05) is 26.2 Å². The third-order valence-electron chi connectivity index (χ3n) is 2.90. The summed E-state index contributed by atoms with van der Waals surface area (Å²) in [5.41, 5.74) is 5.28. The van der Waals surface area contributed by atoms with Crippen LogP contribution >= 0.6 is 0 Å². The molecular weight excluding hydrogens is 208 g/mol. The van der Waals surface area contributed by atoms with Gasteiger partial charge < -0.3 is 20.5 Å². The van der Waals surface area contributed by atoms with Gasteiger partial charge in [-0.3, -0.25) is 4.79 Å². The lowest BCUT2D eigenvalue weighted by atomic mass is 9.95. The number of aliphatic hydroxyl groups is 1. The number of carbonyl (C=O) groups is 1. The molecule has 0 aromatic heterocycles. The van der Waals surface area contributed by atoms with E-state index >= 15 is 0 Å². The fourth-order valence-electron chi connectivity index (χ4n) is 2.04. The molecule has 0 aromatic rings. The summed E-state index contributed by atoms with van der Waals surface area (Å²) in [6.45, 7) is 2.78. The van der Waals surface area contributed by atoms with Crippen molar-refractivity contribution in [3.05, 3.63) is 0 Å². The maximum absolute atomic E-state index is 11.7. The molecule has 0 spiro atoms. The van der Waals surface area contributed by atoms with Crippen LogP contribution in [0.2, 0.25) is 0 Å². The molecule has 1 fully saturated rings. The van der Waals surface area contributed by atoms with Crippen molar-refractivity contribution in [2.24, 2.45) is 11.7 Å². The molecule has 1 rings (SSSR count). The molecule has 1 aliphatic rings. The summed E-state index contributed by atoms with van der Waals surface area (Å²) in [6, 6.07) is 0. The topological polar surface area (TPSA) is 75.8 Å². The monoisotopic (exact) mass is 230 g/mol. The molecule has 94 valence electrons. The Kier molecular flexibility index (Phi) is 6.37.